The Morgan fingerprint density at radius 2 is 1.53 bits per heavy atom. The van der Waals surface area contributed by atoms with Crippen molar-refractivity contribution in [3.63, 3.8) is 0 Å². The number of fused-ring (bicyclic) bond motifs is 1. The average molecular weight is 394 g/mol. The monoisotopic (exact) mass is 394 g/mol. The lowest BCUT2D eigenvalue weighted by Gasteiger charge is -2.07. The van der Waals surface area contributed by atoms with Gasteiger partial charge >= 0.3 is 5.97 Å². The maximum Gasteiger partial charge on any atom is 0.344 e. The third kappa shape index (κ3) is 4.42. The van der Waals surface area contributed by atoms with Crippen LogP contribution in [0, 0.1) is 0 Å². The number of ether oxygens (including phenoxy) is 1. The normalized spacial score (nSPS) is 10.8. The highest BCUT2D eigenvalue weighted by Crippen LogP contribution is 2.21. The van der Waals surface area contributed by atoms with Crippen molar-refractivity contribution in [1.82, 2.24) is 5.43 Å². The van der Waals surface area contributed by atoms with Crippen LogP contribution in [-0.4, -0.2) is 18.1 Å². The van der Waals surface area contributed by atoms with Gasteiger partial charge in [0.05, 0.1) is 11.8 Å². The Morgan fingerprint density at radius 3 is 2.40 bits per heavy atom. The Balaban J connectivity index is 1.45. The second-order valence-electron chi connectivity index (χ2n) is 6.55. The minimum absolute atomic E-state index is 0.301. The predicted octanol–water partition coefficient (Wildman–Crippen LogP) is 4.82. The van der Waals surface area contributed by atoms with E-state index in [2.05, 4.69) is 10.5 Å². The molecular formula is C25H18N2O3. The maximum atomic E-state index is 12.7. The van der Waals surface area contributed by atoms with Crippen LogP contribution >= 0.6 is 0 Å². The Labute approximate surface area is 173 Å². The molecule has 4 aromatic rings. The van der Waals surface area contributed by atoms with Gasteiger partial charge in [0.1, 0.15) is 5.75 Å². The number of nitrogens with one attached hydrogen (secondary N) is 1. The lowest BCUT2D eigenvalue weighted by Crippen LogP contribution is -2.17. The summed E-state index contributed by atoms with van der Waals surface area (Å²) in [7, 11) is 0. The van der Waals surface area contributed by atoms with Gasteiger partial charge in [0, 0.05) is 5.56 Å². The van der Waals surface area contributed by atoms with Crippen LogP contribution in [0.4, 0.5) is 0 Å². The molecule has 0 unspecified atom stereocenters. The fraction of sp³-hybridized carbons (Fsp3) is 0. The van der Waals surface area contributed by atoms with Gasteiger partial charge in [-0.3, -0.25) is 4.79 Å². The summed E-state index contributed by atoms with van der Waals surface area (Å²) in [5.74, 6) is -0.338. The first-order valence-corrected chi connectivity index (χ1v) is 9.39. The first-order chi connectivity index (χ1) is 14.7. The summed E-state index contributed by atoms with van der Waals surface area (Å²) in [6, 6.07) is 28.9. The number of hydrazone groups is 1. The first kappa shape index (κ1) is 19.1. The molecule has 0 aromatic heterocycles. The molecule has 0 fully saturated rings. The molecule has 0 aliphatic carbocycles. The number of amides is 1. The zero-order valence-corrected chi connectivity index (χ0v) is 16.0. The molecule has 5 heteroatoms. The average Bonchev–Trinajstić information content (AvgIpc) is 2.79. The number of esters is 1. The second kappa shape index (κ2) is 8.84. The summed E-state index contributed by atoms with van der Waals surface area (Å²) < 4.78 is 5.56. The van der Waals surface area contributed by atoms with Gasteiger partial charge in [-0.1, -0.05) is 66.7 Å². The minimum atomic E-state index is -0.432. The van der Waals surface area contributed by atoms with Crippen molar-refractivity contribution in [3.05, 3.63) is 114 Å². The summed E-state index contributed by atoms with van der Waals surface area (Å²) >= 11 is 0. The topological polar surface area (TPSA) is 67.8 Å². The molecule has 0 atom stereocenters. The Bertz CT molecular complexity index is 1230. The predicted molar refractivity (Wildman–Crippen MR) is 117 cm³/mol. The van der Waals surface area contributed by atoms with E-state index in [1.54, 1.807) is 54.6 Å². The molecule has 0 saturated heterocycles. The highest BCUT2D eigenvalue weighted by molar-refractivity contribution is 6.05. The molecule has 0 aliphatic heterocycles. The quantitative estimate of drug-likeness (QED) is 0.228. The number of benzene rings is 4. The Morgan fingerprint density at radius 1 is 0.800 bits per heavy atom. The summed E-state index contributed by atoms with van der Waals surface area (Å²) in [6.07, 6.45) is 1.50. The first-order valence-electron chi connectivity index (χ1n) is 9.39. The van der Waals surface area contributed by atoms with Gasteiger partial charge in [-0.2, -0.15) is 5.10 Å². The third-order valence-electron chi connectivity index (χ3n) is 4.49. The molecule has 0 heterocycles. The van der Waals surface area contributed by atoms with E-state index < -0.39 is 5.97 Å². The van der Waals surface area contributed by atoms with Crippen LogP contribution in [0.3, 0.4) is 0 Å². The van der Waals surface area contributed by atoms with Crippen LogP contribution in [-0.2, 0) is 0 Å². The molecule has 0 saturated carbocycles. The molecule has 4 aromatic carbocycles. The summed E-state index contributed by atoms with van der Waals surface area (Å²) in [4.78, 5) is 24.7. The van der Waals surface area contributed by atoms with Gasteiger partial charge in [-0.15, -0.1) is 0 Å². The number of carbonyl (C=O) groups excluding carboxylic acids is 2. The summed E-state index contributed by atoms with van der Waals surface area (Å²) in [5.41, 5.74) is 4.19. The molecule has 4 rings (SSSR count). The van der Waals surface area contributed by atoms with Gasteiger partial charge < -0.3 is 4.74 Å². The van der Waals surface area contributed by atoms with Crippen molar-refractivity contribution in [2.45, 2.75) is 0 Å². The van der Waals surface area contributed by atoms with Crippen LogP contribution in [0.5, 0.6) is 5.75 Å². The molecule has 5 nitrogen and oxygen atoms in total. The van der Waals surface area contributed by atoms with Gasteiger partial charge in [0.15, 0.2) is 0 Å². The molecule has 0 radical (unpaired) electrons. The zero-order valence-electron chi connectivity index (χ0n) is 16.0. The zero-order chi connectivity index (χ0) is 20.8. The van der Waals surface area contributed by atoms with Gasteiger partial charge in [-0.05, 0) is 46.7 Å². The molecule has 1 N–H and O–H groups in total. The number of rotatable bonds is 5. The third-order valence-corrected chi connectivity index (χ3v) is 4.49. The van der Waals surface area contributed by atoms with Crippen LogP contribution in [0.1, 0.15) is 26.3 Å². The molecule has 0 bridgehead atoms. The van der Waals surface area contributed by atoms with Gasteiger partial charge in [0.25, 0.3) is 5.91 Å². The SMILES string of the molecule is O=C(N/N=C\c1cccc(OC(=O)c2cccc3ccccc23)c1)c1ccccc1. The highest BCUT2D eigenvalue weighted by Gasteiger charge is 2.12. The van der Waals surface area contributed by atoms with Crippen LogP contribution in [0.15, 0.2) is 102 Å². The van der Waals surface area contributed by atoms with Crippen molar-refractivity contribution in [1.29, 1.82) is 0 Å². The maximum absolute atomic E-state index is 12.7. The second-order valence-corrected chi connectivity index (χ2v) is 6.55. The van der Waals surface area contributed by atoms with E-state index in [-0.39, 0.29) is 5.91 Å². The summed E-state index contributed by atoms with van der Waals surface area (Å²) in [6.45, 7) is 0. The van der Waals surface area contributed by atoms with E-state index in [4.69, 9.17) is 4.74 Å². The van der Waals surface area contributed by atoms with Crippen LogP contribution < -0.4 is 10.2 Å². The highest BCUT2D eigenvalue weighted by atomic mass is 16.5. The number of hydrogen-bond acceptors (Lipinski definition) is 4. The molecule has 1 amide bonds. The number of nitrogens with zero attached hydrogens (tertiary/aromatic N) is 1. The van der Waals surface area contributed by atoms with E-state index in [1.165, 1.54) is 6.21 Å². The molecule has 0 spiro atoms. The molecule has 146 valence electrons. The lowest BCUT2D eigenvalue weighted by molar-refractivity contribution is 0.0736. The van der Waals surface area contributed by atoms with Crippen molar-refractivity contribution in [2.75, 3.05) is 0 Å². The fourth-order valence-electron chi connectivity index (χ4n) is 3.04. The summed E-state index contributed by atoms with van der Waals surface area (Å²) in [5, 5.41) is 5.79. The Hall–Kier alpha value is -4.25. The molecule has 30 heavy (non-hydrogen) atoms. The smallest absolute Gasteiger partial charge is 0.344 e. The number of hydrogen-bond donors (Lipinski definition) is 1. The van der Waals surface area contributed by atoms with Crippen molar-refractivity contribution in [3.8, 4) is 5.75 Å². The molecule has 0 aliphatic rings. The van der Waals surface area contributed by atoms with Crippen LogP contribution in [0.2, 0.25) is 0 Å². The van der Waals surface area contributed by atoms with E-state index >= 15 is 0 Å². The van der Waals surface area contributed by atoms with E-state index in [0.717, 1.165) is 10.8 Å². The van der Waals surface area contributed by atoms with Crippen molar-refractivity contribution >= 4 is 28.9 Å². The minimum Gasteiger partial charge on any atom is -0.423 e. The standard InChI is InChI=1S/C25H18N2O3/c28-24(20-10-2-1-3-11-20)27-26-17-18-8-6-13-21(16-18)30-25(29)23-15-7-12-19-9-4-5-14-22(19)23/h1-17H,(H,27,28)/b26-17-. The largest absolute Gasteiger partial charge is 0.423 e. The van der Waals surface area contributed by atoms with E-state index in [1.807, 2.05) is 42.5 Å². The fourth-order valence-corrected chi connectivity index (χ4v) is 3.04. The van der Waals surface area contributed by atoms with Gasteiger partial charge in [-0.25, -0.2) is 10.2 Å². The van der Waals surface area contributed by atoms with Crippen molar-refractivity contribution in [2.24, 2.45) is 5.10 Å². The number of carbonyl (C=O) groups is 2. The Kier molecular flexibility index (Phi) is 5.62. The molecular weight excluding hydrogens is 376 g/mol. The van der Waals surface area contributed by atoms with Crippen LogP contribution in [0.25, 0.3) is 10.8 Å². The van der Waals surface area contributed by atoms with Crippen molar-refractivity contribution < 1.29 is 14.3 Å². The van der Waals surface area contributed by atoms with E-state index in [9.17, 15) is 9.59 Å². The van der Waals surface area contributed by atoms with Gasteiger partial charge in [0.2, 0.25) is 0 Å². The van der Waals surface area contributed by atoms with E-state index in [0.29, 0.717) is 22.4 Å². The lowest BCUT2D eigenvalue weighted by atomic mass is 10.0.